The number of anilines is 2. The summed E-state index contributed by atoms with van der Waals surface area (Å²) in [6.45, 7) is 0. The van der Waals surface area contributed by atoms with Crippen molar-refractivity contribution in [1.29, 1.82) is 5.26 Å². The minimum Gasteiger partial charge on any atom is -0.497 e. The molecule has 0 aliphatic rings. The van der Waals surface area contributed by atoms with Gasteiger partial charge in [0.1, 0.15) is 17.6 Å². The lowest BCUT2D eigenvalue weighted by Gasteiger charge is -2.06. The number of benzene rings is 1. The van der Waals surface area contributed by atoms with Crippen LogP contribution in [0.5, 0.6) is 5.75 Å². The maximum atomic E-state index is 8.69. The van der Waals surface area contributed by atoms with Crippen molar-refractivity contribution in [2.45, 2.75) is 0 Å². The highest BCUT2D eigenvalue weighted by atomic mass is 16.5. The van der Waals surface area contributed by atoms with Crippen molar-refractivity contribution in [2.75, 3.05) is 12.4 Å². The Morgan fingerprint density at radius 3 is 3.00 bits per heavy atom. The molecule has 0 amide bonds. The highest BCUT2D eigenvalue weighted by Gasteiger charge is 1.99. The van der Waals surface area contributed by atoms with Gasteiger partial charge in [-0.1, -0.05) is 6.07 Å². The first-order valence-corrected chi connectivity index (χ1v) is 4.96. The Bertz CT molecular complexity index is 562. The summed E-state index contributed by atoms with van der Waals surface area (Å²) in [5.74, 6) is 1.47. The van der Waals surface area contributed by atoms with Gasteiger partial charge in [-0.05, 0) is 18.2 Å². The van der Waals surface area contributed by atoms with Crippen LogP contribution in [0.1, 0.15) is 5.82 Å². The van der Waals surface area contributed by atoms with Gasteiger partial charge >= 0.3 is 0 Å². The van der Waals surface area contributed by atoms with E-state index in [4.69, 9.17) is 10.00 Å². The SMILES string of the molecule is COc1cccc(Nc2ccnc(C#N)n2)c1. The minimum absolute atomic E-state index is 0.137. The first kappa shape index (κ1) is 10.9. The molecule has 1 N–H and O–H groups in total. The number of rotatable bonds is 3. The fourth-order valence-electron chi connectivity index (χ4n) is 1.33. The van der Waals surface area contributed by atoms with Crippen molar-refractivity contribution >= 4 is 11.5 Å². The van der Waals surface area contributed by atoms with E-state index < -0.39 is 0 Å². The second kappa shape index (κ2) is 4.94. The second-order valence-corrected chi connectivity index (χ2v) is 3.23. The van der Waals surface area contributed by atoms with Gasteiger partial charge in [0, 0.05) is 18.0 Å². The maximum absolute atomic E-state index is 8.69. The van der Waals surface area contributed by atoms with Crippen molar-refractivity contribution in [3.63, 3.8) is 0 Å². The standard InChI is InChI=1S/C12H10N4O/c1-17-10-4-2-3-9(7-10)15-11-5-6-14-12(8-13)16-11/h2-7H,1H3,(H,14,15,16). The number of hydrogen-bond acceptors (Lipinski definition) is 5. The van der Waals surface area contributed by atoms with E-state index in [9.17, 15) is 0 Å². The number of nitrogens with one attached hydrogen (secondary N) is 1. The monoisotopic (exact) mass is 226 g/mol. The third kappa shape index (κ3) is 2.69. The van der Waals surface area contributed by atoms with Crippen molar-refractivity contribution in [1.82, 2.24) is 9.97 Å². The second-order valence-electron chi connectivity index (χ2n) is 3.23. The molecule has 0 aliphatic heterocycles. The quantitative estimate of drug-likeness (QED) is 0.867. The molecule has 0 unspecified atom stereocenters. The van der Waals surface area contributed by atoms with Gasteiger partial charge in [-0.2, -0.15) is 5.26 Å². The fourth-order valence-corrected chi connectivity index (χ4v) is 1.33. The van der Waals surface area contributed by atoms with Crippen LogP contribution in [0, 0.1) is 11.3 Å². The highest BCUT2D eigenvalue weighted by Crippen LogP contribution is 2.19. The van der Waals surface area contributed by atoms with Crippen LogP contribution in [-0.2, 0) is 0 Å². The molecule has 2 rings (SSSR count). The molecule has 0 spiro atoms. The zero-order valence-electron chi connectivity index (χ0n) is 9.21. The Morgan fingerprint density at radius 2 is 2.24 bits per heavy atom. The first-order chi connectivity index (χ1) is 8.31. The van der Waals surface area contributed by atoms with E-state index in [0.29, 0.717) is 5.82 Å². The third-order valence-electron chi connectivity index (χ3n) is 2.10. The van der Waals surface area contributed by atoms with Crippen molar-refractivity contribution in [3.05, 3.63) is 42.4 Å². The molecule has 0 aliphatic carbocycles. The van der Waals surface area contributed by atoms with E-state index in [1.807, 2.05) is 30.3 Å². The molecular formula is C12H10N4O. The zero-order valence-corrected chi connectivity index (χ0v) is 9.21. The van der Waals surface area contributed by atoms with Gasteiger partial charge in [0.2, 0.25) is 5.82 Å². The normalized spacial score (nSPS) is 9.41. The molecule has 1 aromatic carbocycles. The Kier molecular flexibility index (Phi) is 3.17. The summed E-state index contributed by atoms with van der Waals surface area (Å²) in [6.07, 6.45) is 1.54. The molecule has 1 aromatic heterocycles. The van der Waals surface area contributed by atoms with Crippen LogP contribution in [0.4, 0.5) is 11.5 Å². The van der Waals surface area contributed by atoms with Gasteiger partial charge in [0.15, 0.2) is 0 Å². The van der Waals surface area contributed by atoms with Crippen LogP contribution < -0.4 is 10.1 Å². The number of hydrogen-bond donors (Lipinski definition) is 1. The smallest absolute Gasteiger partial charge is 0.234 e. The average Bonchev–Trinajstić information content (AvgIpc) is 2.39. The van der Waals surface area contributed by atoms with Crippen LogP contribution >= 0.6 is 0 Å². The molecule has 17 heavy (non-hydrogen) atoms. The number of ether oxygens (including phenoxy) is 1. The van der Waals surface area contributed by atoms with Gasteiger partial charge in [0.05, 0.1) is 7.11 Å². The first-order valence-electron chi connectivity index (χ1n) is 4.96. The van der Waals surface area contributed by atoms with Gasteiger partial charge in [-0.15, -0.1) is 0 Å². The summed E-state index contributed by atoms with van der Waals surface area (Å²) >= 11 is 0. The van der Waals surface area contributed by atoms with Gasteiger partial charge in [-0.25, -0.2) is 9.97 Å². The van der Waals surface area contributed by atoms with E-state index in [0.717, 1.165) is 11.4 Å². The van der Waals surface area contributed by atoms with E-state index in [1.165, 1.54) is 6.20 Å². The van der Waals surface area contributed by atoms with Gasteiger partial charge in [0.25, 0.3) is 0 Å². The van der Waals surface area contributed by atoms with E-state index in [2.05, 4.69) is 15.3 Å². The molecule has 5 nitrogen and oxygen atoms in total. The van der Waals surface area contributed by atoms with E-state index in [-0.39, 0.29) is 5.82 Å². The van der Waals surface area contributed by atoms with Gasteiger partial charge in [-0.3, -0.25) is 0 Å². The lowest BCUT2D eigenvalue weighted by molar-refractivity contribution is 0.415. The predicted molar refractivity (Wildman–Crippen MR) is 63.0 cm³/mol. The summed E-state index contributed by atoms with van der Waals surface area (Å²) in [5.41, 5.74) is 0.840. The van der Waals surface area contributed by atoms with Crippen molar-refractivity contribution in [2.24, 2.45) is 0 Å². The molecule has 2 aromatic rings. The summed E-state index contributed by atoms with van der Waals surface area (Å²) in [6, 6.07) is 11.0. The molecule has 0 radical (unpaired) electrons. The largest absolute Gasteiger partial charge is 0.497 e. The predicted octanol–water partition coefficient (Wildman–Crippen LogP) is 2.10. The van der Waals surface area contributed by atoms with Crippen LogP contribution in [0.25, 0.3) is 0 Å². The maximum Gasteiger partial charge on any atom is 0.234 e. The lowest BCUT2D eigenvalue weighted by Crippen LogP contribution is -1.97. The van der Waals surface area contributed by atoms with Crippen LogP contribution in [0.15, 0.2) is 36.5 Å². The average molecular weight is 226 g/mol. The molecule has 84 valence electrons. The molecule has 5 heteroatoms. The number of methoxy groups -OCH3 is 1. The number of aromatic nitrogens is 2. The number of nitriles is 1. The van der Waals surface area contributed by atoms with E-state index >= 15 is 0 Å². The fraction of sp³-hybridized carbons (Fsp3) is 0.0833. The van der Waals surface area contributed by atoms with Crippen molar-refractivity contribution in [3.8, 4) is 11.8 Å². The topological polar surface area (TPSA) is 70.8 Å². The van der Waals surface area contributed by atoms with Crippen LogP contribution in [0.2, 0.25) is 0 Å². The molecule has 0 atom stereocenters. The summed E-state index contributed by atoms with van der Waals surface area (Å²) in [5, 5.41) is 11.8. The third-order valence-corrected chi connectivity index (χ3v) is 2.10. The molecule has 0 saturated heterocycles. The Labute approximate surface area is 98.7 Å². The summed E-state index contributed by atoms with van der Waals surface area (Å²) in [7, 11) is 1.61. The molecular weight excluding hydrogens is 216 g/mol. The van der Waals surface area contributed by atoms with Gasteiger partial charge < -0.3 is 10.1 Å². The van der Waals surface area contributed by atoms with Crippen LogP contribution in [-0.4, -0.2) is 17.1 Å². The lowest BCUT2D eigenvalue weighted by atomic mass is 10.3. The Morgan fingerprint density at radius 1 is 1.35 bits per heavy atom. The summed E-state index contributed by atoms with van der Waals surface area (Å²) in [4.78, 5) is 7.81. The Balaban J connectivity index is 2.22. The Hall–Kier alpha value is -2.61. The molecule has 0 saturated carbocycles. The van der Waals surface area contributed by atoms with E-state index in [1.54, 1.807) is 13.2 Å². The molecule has 1 heterocycles. The summed E-state index contributed by atoms with van der Waals surface area (Å²) < 4.78 is 5.11. The van der Waals surface area contributed by atoms with Crippen molar-refractivity contribution < 1.29 is 4.74 Å². The molecule has 0 fully saturated rings. The molecule has 0 bridgehead atoms. The number of nitrogens with zero attached hydrogens (tertiary/aromatic N) is 3. The minimum atomic E-state index is 0.137. The zero-order chi connectivity index (χ0) is 12.1. The van der Waals surface area contributed by atoms with Crippen LogP contribution in [0.3, 0.4) is 0 Å². The highest BCUT2D eigenvalue weighted by molar-refractivity contribution is 5.58.